The molecule has 0 atom stereocenters. The zero-order valence-corrected chi connectivity index (χ0v) is 9.12. The summed E-state index contributed by atoms with van der Waals surface area (Å²) in [5.74, 6) is 0.964. The third kappa shape index (κ3) is 2.63. The van der Waals surface area contributed by atoms with Crippen molar-refractivity contribution in [2.45, 2.75) is 19.4 Å². The SMILES string of the molecule is CCCOc1ccccc1NC1CNC1. The molecule has 0 aromatic heterocycles. The first-order valence-electron chi connectivity index (χ1n) is 5.59. The zero-order chi connectivity index (χ0) is 10.5. The summed E-state index contributed by atoms with van der Waals surface area (Å²) in [4.78, 5) is 0. The van der Waals surface area contributed by atoms with E-state index in [0.717, 1.165) is 37.6 Å². The molecule has 1 aliphatic heterocycles. The van der Waals surface area contributed by atoms with Crippen molar-refractivity contribution < 1.29 is 4.74 Å². The number of hydrogen-bond acceptors (Lipinski definition) is 3. The Labute approximate surface area is 90.8 Å². The Morgan fingerprint density at radius 1 is 1.40 bits per heavy atom. The molecule has 0 spiro atoms. The highest BCUT2D eigenvalue weighted by Crippen LogP contribution is 2.24. The van der Waals surface area contributed by atoms with Crippen molar-refractivity contribution in [2.24, 2.45) is 0 Å². The van der Waals surface area contributed by atoms with Crippen molar-refractivity contribution in [3.8, 4) is 5.75 Å². The van der Waals surface area contributed by atoms with E-state index in [1.54, 1.807) is 0 Å². The van der Waals surface area contributed by atoms with Gasteiger partial charge in [0.2, 0.25) is 0 Å². The largest absolute Gasteiger partial charge is 0.491 e. The Morgan fingerprint density at radius 2 is 2.20 bits per heavy atom. The quantitative estimate of drug-likeness (QED) is 0.771. The van der Waals surface area contributed by atoms with Gasteiger partial charge < -0.3 is 15.4 Å². The van der Waals surface area contributed by atoms with Crippen molar-refractivity contribution >= 4 is 5.69 Å². The second kappa shape index (κ2) is 5.03. The van der Waals surface area contributed by atoms with Gasteiger partial charge in [-0.15, -0.1) is 0 Å². The van der Waals surface area contributed by atoms with Crippen molar-refractivity contribution in [1.29, 1.82) is 0 Å². The number of benzene rings is 1. The van der Waals surface area contributed by atoms with Crippen molar-refractivity contribution in [3.05, 3.63) is 24.3 Å². The van der Waals surface area contributed by atoms with Gasteiger partial charge in [0.25, 0.3) is 0 Å². The Hall–Kier alpha value is -1.22. The summed E-state index contributed by atoms with van der Waals surface area (Å²) < 4.78 is 5.67. The predicted molar refractivity (Wildman–Crippen MR) is 62.5 cm³/mol. The molecule has 1 aromatic rings. The van der Waals surface area contributed by atoms with E-state index in [4.69, 9.17) is 4.74 Å². The maximum atomic E-state index is 5.67. The van der Waals surface area contributed by atoms with Gasteiger partial charge in [-0.25, -0.2) is 0 Å². The van der Waals surface area contributed by atoms with E-state index in [9.17, 15) is 0 Å². The van der Waals surface area contributed by atoms with Gasteiger partial charge in [-0.1, -0.05) is 19.1 Å². The van der Waals surface area contributed by atoms with Crippen LogP contribution >= 0.6 is 0 Å². The maximum Gasteiger partial charge on any atom is 0.142 e. The molecule has 0 unspecified atom stereocenters. The summed E-state index contributed by atoms with van der Waals surface area (Å²) in [5.41, 5.74) is 1.11. The third-order valence-electron chi connectivity index (χ3n) is 2.49. The van der Waals surface area contributed by atoms with Gasteiger partial charge >= 0.3 is 0 Å². The van der Waals surface area contributed by atoms with E-state index in [0.29, 0.717) is 6.04 Å². The summed E-state index contributed by atoms with van der Waals surface area (Å²) in [6.07, 6.45) is 1.04. The minimum atomic E-state index is 0.552. The fraction of sp³-hybridized carbons (Fsp3) is 0.500. The first-order chi connectivity index (χ1) is 7.40. The summed E-state index contributed by atoms with van der Waals surface area (Å²) in [6.45, 7) is 4.98. The van der Waals surface area contributed by atoms with Crippen LogP contribution in [0.2, 0.25) is 0 Å². The zero-order valence-electron chi connectivity index (χ0n) is 9.12. The van der Waals surface area contributed by atoms with Crippen LogP contribution in [-0.2, 0) is 0 Å². The van der Waals surface area contributed by atoms with Crippen LogP contribution in [0.3, 0.4) is 0 Å². The van der Waals surface area contributed by atoms with Gasteiger partial charge in [0.05, 0.1) is 18.3 Å². The molecular weight excluding hydrogens is 188 g/mol. The number of anilines is 1. The predicted octanol–water partition coefficient (Wildman–Crippen LogP) is 1.86. The van der Waals surface area contributed by atoms with E-state index in [-0.39, 0.29) is 0 Å². The molecule has 1 heterocycles. The fourth-order valence-corrected chi connectivity index (χ4v) is 1.53. The van der Waals surface area contributed by atoms with Crippen LogP contribution in [0.5, 0.6) is 5.75 Å². The molecule has 2 rings (SSSR count). The fourth-order valence-electron chi connectivity index (χ4n) is 1.53. The van der Waals surface area contributed by atoms with Crippen LogP contribution in [0.15, 0.2) is 24.3 Å². The lowest BCUT2D eigenvalue weighted by Crippen LogP contribution is -2.51. The number of para-hydroxylation sites is 2. The molecule has 0 amide bonds. The van der Waals surface area contributed by atoms with Crippen LogP contribution < -0.4 is 15.4 Å². The first-order valence-corrected chi connectivity index (χ1v) is 5.59. The molecule has 1 aliphatic rings. The van der Waals surface area contributed by atoms with Crippen LogP contribution in [0, 0.1) is 0 Å². The normalized spacial score (nSPS) is 15.8. The minimum Gasteiger partial charge on any atom is -0.491 e. The average Bonchev–Trinajstić information content (AvgIpc) is 2.22. The summed E-state index contributed by atoms with van der Waals surface area (Å²) in [7, 11) is 0. The Kier molecular flexibility index (Phi) is 3.45. The molecule has 1 fully saturated rings. The topological polar surface area (TPSA) is 33.3 Å². The molecule has 82 valence electrons. The van der Waals surface area contributed by atoms with E-state index < -0.39 is 0 Å². The average molecular weight is 206 g/mol. The highest BCUT2D eigenvalue weighted by Gasteiger charge is 2.17. The molecule has 3 heteroatoms. The molecule has 0 radical (unpaired) electrons. The highest BCUT2D eigenvalue weighted by atomic mass is 16.5. The molecular formula is C12H18N2O. The van der Waals surface area contributed by atoms with Crippen molar-refractivity contribution in [3.63, 3.8) is 0 Å². The number of rotatable bonds is 5. The maximum absolute atomic E-state index is 5.67. The van der Waals surface area contributed by atoms with Crippen molar-refractivity contribution in [2.75, 3.05) is 25.0 Å². The van der Waals surface area contributed by atoms with E-state index >= 15 is 0 Å². The summed E-state index contributed by atoms with van der Waals surface area (Å²) >= 11 is 0. The van der Waals surface area contributed by atoms with Gasteiger partial charge in [-0.3, -0.25) is 0 Å². The first kappa shape index (κ1) is 10.3. The van der Waals surface area contributed by atoms with Crippen molar-refractivity contribution in [1.82, 2.24) is 5.32 Å². The van der Waals surface area contributed by atoms with Crippen LogP contribution in [0.25, 0.3) is 0 Å². The van der Waals surface area contributed by atoms with Gasteiger partial charge in [-0.05, 0) is 18.6 Å². The summed E-state index contributed by atoms with van der Waals surface area (Å²) in [5, 5.41) is 6.71. The monoisotopic (exact) mass is 206 g/mol. The third-order valence-corrected chi connectivity index (χ3v) is 2.49. The molecule has 0 saturated carbocycles. The Bertz CT molecular complexity index is 310. The van der Waals surface area contributed by atoms with E-state index in [2.05, 4.69) is 23.6 Å². The van der Waals surface area contributed by atoms with Gasteiger partial charge in [0, 0.05) is 13.1 Å². The molecule has 0 bridgehead atoms. The lowest BCUT2D eigenvalue weighted by molar-refractivity contribution is 0.318. The second-order valence-corrected chi connectivity index (χ2v) is 3.84. The molecule has 1 saturated heterocycles. The molecule has 15 heavy (non-hydrogen) atoms. The molecule has 0 aliphatic carbocycles. The molecule has 2 N–H and O–H groups in total. The minimum absolute atomic E-state index is 0.552. The van der Waals surface area contributed by atoms with Gasteiger partial charge in [0.15, 0.2) is 0 Å². The van der Waals surface area contributed by atoms with Crippen LogP contribution in [0.1, 0.15) is 13.3 Å². The Balaban J connectivity index is 1.99. The summed E-state index contributed by atoms with van der Waals surface area (Å²) in [6, 6.07) is 8.69. The van der Waals surface area contributed by atoms with Crippen LogP contribution in [0.4, 0.5) is 5.69 Å². The smallest absolute Gasteiger partial charge is 0.142 e. The number of hydrogen-bond donors (Lipinski definition) is 2. The Morgan fingerprint density at radius 3 is 2.87 bits per heavy atom. The van der Waals surface area contributed by atoms with Gasteiger partial charge in [0.1, 0.15) is 5.75 Å². The molecule has 1 aromatic carbocycles. The van der Waals surface area contributed by atoms with E-state index in [1.165, 1.54) is 0 Å². The lowest BCUT2D eigenvalue weighted by atomic mass is 10.1. The lowest BCUT2D eigenvalue weighted by Gasteiger charge is -2.29. The van der Waals surface area contributed by atoms with Gasteiger partial charge in [-0.2, -0.15) is 0 Å². The standard InChI is InChI=1S/C12H18N2O/c1-2-7-15-12-6-4-3-5-11(12)14-10-8-13-9-10/h3-6,10,13-14H,2,7-9H2,1H3. The number of ether oxygens (including phenoxy) is 1. The van der Waals surface area contributed by atoms with Crippen LogP contribution in [-0.4, -0.2) is 25.7 Å². The second-order valence-electron chi connectivity index (χ2n) is 3.84. The molecule has 3 nitrogen and oxygen atoms in total. The van der Waals surface area contributed by atoms with E-state index in [1.807, 2.05) is 18.2 Å². The number of nitrogens with one attached hydrogen (secondary N) is 2. The highest BCUT2D eigenvalue weighted by molar-refractivity contribution is 5.57.